The van der Waals surface area contributed by atoms with Gasteiger partial charge in [0, 0.05) is 11.1 Å². The molecular formula is C13H12N6O. The van der Waals surface area contributed by atoms with E-state index >= 15 is 0 Å². The molecule has 0 radical (unpaired) electrons. The standard InChI is InChI=1S/C13H12N6O/c1-8-6-11(9-4-2-3-5-10(9)16-8)19-7-15-13(17-19)12(14)18-20/h2-7,20H,1H3,(H2,14,18). The van der Waals surface area contributed by atoms with Crippen LogP contribution in [0.25, 0.3) is 16.6 Å². The van der Waals surface area contributed by atoms with Crippen LogP contribution in [0.1, 0.15) is 11.5 Å². The van der Waals surface area contributed by atoms with Crippen molar-refractivity contribution in [3.8, 4) is 5.69 Å². The molecule has 0 fully saturated rings. The van der Waals surface area contributed by atoms with Gasteiger partial charge >= 0.3 is 0 Å². The lowest BCUT2D eigenvalue weighted by molar-refractivity contribution is 0.318. The van der Waals surface area contributed by atoms with Gasteiger partial charge in [-0.3, -0.25) is 4.98 Å². The number of para-hydroxylation sites is 1. The monoisotopic (exact) mass is 268 g/mol. The Hall–Kier alpha value is -2.96. The third-order valence-corrected chi connectivity index (χ3v) is 2.90. The van der Waals surface area contributed by atoms with Crippen LogP contribution in [-0.4, -0.2) is 30.8 Å². The van der Waals surface area contributed by atoms with E-state index in [4.69, 9.17) is 10.9 Å². The highest BCUT2D eigenvalue weighted by molar-refractivity contribution is 5.93. The van der Waals surface area contributed by atoms with Gasteiger partial charge in [0.15, 0.2) is 0 Å². The number of benzene rings is 1. The zero-order valence-electron chi connectivity index (χ0n) is 10.7. The first-order chi connectivity index (χ1) is 9.69. The molecule has 0 saturated carbocycles. The largest absolute Gasteiger partial charge is 0.409 e. The fraction of sp³-hybridized carbons (Fsp3) is 0.0769. The molecule has 0 bridgehead atoms. The molecule has 20 heavy (non-hydrogen) atoms. The number of amidine groups is 1. The summed E-state index contributed by atoms with van der Waals surface area (Å²) in [6.07, 6.45) is 1.52. The number of rotatable bonds is 2. The van der Waals surface area contributed by atoms with Gasteiger partial charge < -0.3 is 10.9 Å². The quantitative estimate of drug-likeness (QED) is 0.315. The normalized spacial score (nSPS) is 11.9. The maximum absolute atomic E-state index is 8.65. The van der Waals surface area contributed by atoms with E-state index in [-0.39, 0.29) is 11.7 Å². The number of oxime groups is 1. The lowest BCUT2D eigenvalue weighted by Crippen LogP contribution is -2.15. The van der Waals surface area contributed by atoms with Crippen molar-refractivity contribution in [3.05, 3.63) is 48.2 Å². The topological polar surface area (TPSA) is 102 Å². The second-order valence-electron chi connectivity index (χ2n) is 4.30. The molecule has 0 unspecified atom stereocenters. The number of nitrogens with two attached hydrogens (primary N) is 1. The minimum Gasteiger partial charge on any atom is -0.409 e. The molecular weight excluding hydrogens is 256 g/mol. The minimum absolute atomic E-state index is 0.126. The Bertz CT molecular complexity index is 807. The van der Waals surface area contributed by atoms with Gasteiger partial charge in [-0.15, -0.1) is 5.10 Å². The van der Waals surface area contributed by atoms with Crippen LogP contribution in [0.3, 0.4) is 0 Å². The van der Waals surface area contributed by atoms with Crippen LogP contribution < -0.4 is 5.73 Å². The Morgan fingerprint density at radius 3 is 2.95 bits per heavy atom. The predicted molar refractivity (Wildman–Crippen MR) is 73.9 cm³/mol. The van der Waals surface area contributed by atoms with Crippen molar-refractivity contribution in [1.82, 2.24) is 19.7 Å². The summed E-state index contributed by atoms with van der Waals surface area (Å²) in [5, 5.41) is 16.7. The number of fused-ring (bicyclic) bond motifs is 1. The van der Waals surface area contributed by atoms with Crippen molar-refractivity contribution in [2.24, 2.45) is 10.9 Å². The average molecular weight is 268 g/mol. The molecule has 1 aromatic carbocycles. The molecule has 100 valence electrons. The van der Waals surface area contributed by atoms with Gasteiger partial charge in [-0.1, -0.05) is 23.4 Å². The van der Waals surface area contributed by atoms with Gasteiger partial charge in [-0.25, -0.2) is 9.67 Å². The summed E-state index contributed by atoms with van der Waals surface area (Å²) in [5.74, 6) is 0.0462. The number of nitrogens with zero attached hydrogens (tertiary/aromatic N) is 5. The molecule has 0 amide bonds. The van der Waals surface area contributed by atoms with E-state index in [1.54, 1.807) is 4.68 Å². The molecule has 3 N–H and O–H groups in total. The van der Waals surface area contributed by atoms with Gasteiger partial charge in [0.1, 0.15) is 6.33 Å². The zero-order chi connectivity index (χ0) is 14.1. The highest BCUT2D eigenvalue weighted by Gasteiger charge is 2.10. The van der Waals surface area contributed by atoms with E-state index in [0.717, 1.165) is 22.3 Å². The Kier molecular flexibility index (Phi) is 2.79. The lowest BCUT2D eigenvalue weighted by Gasteiger charge is -2.06. The molecule has 0 aliphatic carbocycles. The molecule has 0 saturated heterocycles. The van der Waals surface area contributed by atoms with Crippen molar-refractivity contribution < 1.29 is 5.21 Å². The van der Waals surface area contributed by atoms with Crippen LogP contribution in [0.5, 0.6) is 0 Å². The molecule has 3 aromatic rings. The Morgan fingerprint density at radius 1 is 1.35 bits per heavy atom. The van der Waals surface area contributed by atoms with Gasteiger partial charge in [-0.2, -0.15) is 0 Å². The van der Waals surface area contributed by atoms with Crippen molar-refractivity contribution in [2.75, 3.05) is 0 Å². The van der Waals surface area contributed by atoms with Crippen molar-refractivity contribution in [2.45, 2.75) is 6.92 Å². The number of hydrogen-bond donors (Lipinski definition) is 2. The van der Waals surface area contributed by atoms with E-state index in [1.807, 2.05) is 37.3 Å². The number of aryl methyl sites for hydroxylation is 1. The molecule has 2 heterocycles. The van der Waals surface area contributed by atoms with Gasteiger partial charge in [0.05, 0.1) is 11.2 Å². The van der Waals surface area contributed by atoms with Gasteiger partial charge in [0.25, 0.3) is 0 Å². The molecule has 7 heteroatoms. The van der Waals surface area contributed by atoms with Crippen molar-refractivity contribution in [1.29, 1.82) is 0 Å². The maximum Gasteiger partial charge on any atom is 0.220 e. The van der Waals surface area contributed by atoms with Crippen LogP contribution in [0.4, 0.5) is 0 Å². The molecule has 0 aliphatic heterocycles. The second-order valence-corrected chi connectivity index (χ2v) is 4.30. The van der Waals surface area contributed by atoms with E-state index in [9.17, 15) is 0 Å². The van der Waals surface area contributed by atoms with Crippen LogP contribution in [-0.2, 0) is 0 Å². The highest BCUT2D eigenvalue weighted by Crippen LogP contribution is 2.21. The first kappa shape index (κ1) is 12.1. The average Bonchev–Trinajstić information content (AvgIpc) is 2.95. The summed E-state index contributed by atoms with van der Waals surface area (Å²) < 4.78 is 1.59. The fourth-order valence-corrected chi connectivity index (χ4v) is 2.02. The molecule has 0 spiro atoms. The molecule has 0 aliphatic rings. The highest BCUT2D eigenvalue weighted by atomic mass is 16.4. The van der Waals surface area contributed by atoms with Crippen molar-refractivity contribution >= 4 is 16.7 Å². The van der Waals surface area contributed by atoms with Crippen LogP contribution in [0.15, 0.2) is 41.8 Å². The number of hydrogen-bond acceptors (Lipinski definition) is 5. The van der Waals surface area contributed by atoms with Crippen molar-refractivity contribution in [3.63, 3.8) is 0 Å². The summed E-state index contributed by atoms with van der Waals surface area (Å²) in [6.45, 7) is 1.91. The SMILES string of the molecule is Cc1cc(-n2cnc(C(N)=NO)n2)c2ccccc2n1. The number of aromatic nitrogens is 4. The molecule has 7 nitrogen and oxygen atoms in total. The molecule has 0 atom stereocenters. The summed E-state index contributed by atoms with van der Waals surface area (Å²) in [7, 11) is 0. The lowest BCUT2D eigenvalue weighted by atomic mass is 10.1. The summed E-state index contributed by atoms with van der Waals surface area (Å²) >= 11 is 0. The Morgan fingerprint density at radius 2 is 2.15 bits per heavy atom. The number of pyridine rings is 1. The molecule has 2 aromatic heterocycles. The van der Waals surface area contributed by atoms with Gasteiger partial charge in [-0.05, 0) is 19.1 Å². The zero-order valence-corrected chi connectivity index (χ0v) is 10.7. The molecule has 3 rings (SSSR count). The van der Waals surface area contributed by atoms with Crippen LogP contribution >= 0.6 is 0 Å². The van der Waals surface area contributed by atoms with E-state index in [1.165, 1.54) is 6.33 Å². The summed E-state index contributed by atoms with van der Waals surface area (Å²) in [4.78, 5) is 8.49. The Labute approximate surface area is 114 Å². The van der Waals surface area contributed by atoms with Crippen LogP contribution in [0, 0.1) is 6.92 Å². The van der Waals surface area contributed by atoms with Crippen LogP contribution in [0.2, 0.25) is 0 Å². The van der Waals surface area contributed by atoms with E-state index in [2.05, 4.69) is 20.2 Å². The smallest absolute Gasteiger partial charge is 0.220 e. The minimum atomic E-state index is -0.126. The fourth-order valence-electron chi connectivity index (χ4n) is 2.02. The predicted octanol–water partition coefficient (Wildman–Crippen LogP) is 1.22. The summed E-state index contributed by atoms with van der Waals surface area (Å²) in [5.41, 5.74) is 8.08. The Balaban J connectivity index is 2.21. The second kappa shape index (κ2) is 4.61. The van der Waals surface area contributed by atoms with E-state index < -0.39 is 0 Å². The van der Waals surface area contributed by atoms with E-state index in [0.29, 0.717) is 0 Å². The van der Waals surface area contributed by atoms with Gasteiger partial charge in [0.2, 0.25) is 11.7 Å². The summed E-state index contributed by atoms with van der Waals surface area (Å²) in [6, 6.07) is 9.67. The third-order valence-electron chi connectivity index (χ3n) is 2.90. The first-order valence-electron chi connectivity index (χ1n) is 5.95. The first-order valence-corrected chi connectivity index (χ1v) is 5.95. The third kappa shape index (κ3) is 1.95. The maximum atomic E-state index is 8.65.